The Morgan fingerprint density at radius 1 is 0.857 bits per heavy atom. The molecule has 6 nitrogen and oxygen atoms in total. The highest BCUT2D eigenvalue weighted by atomic mass is 35.5. The fourth-order valence-electron chi connectivity index (χ4n) is 3.12. The van der Waals surface area contributed by atoms with Gasteiger partial charge in [-0.1, -0.05) is 23.2 Å². The zero-order chi connectivity index (χ0) is 19.5. The third kappa shape index (κ3) is 3.93. The van der Waals surface area contributed by atoms with E-state index in [9.17, 15) is 4.79 Å². The smallest absolute Gasteiger partial charge is 0.254 e. The maximum absolute atomic E-state index is 12.7. The molecule has 1 fully saturated rings. The molecule has 0 saturated carbocycles. The Morgan fingerprint density at radius 3 is 2.25 bits per heavy atom. The molecular weight excluding hydrogens is 397 g/mol. The topological polar surface area (TPSA) is 62.2 Å². The fourth-order valence-corrected chi connectivity index (χ4v) is 3.42. The van der Waals surface area contributed by atoms with Gasteiger partial charge in [0.25, 0.3) is 5.91 Å². The van der Waals surface area contributed by atoms with Crippen molar-refractivity contribution < 1.29 is 4.79 Å². The molecule has 0 N–H and O–H groups in total. The van der Waals surface area contributed by atoms with E-state index in [2.05, 4.69) is 20.1 Å². The van der Waals surface area contributed by atoms with Crippen LogP contribution in [0.2, 0.25) is 10.0 Å². The van der Waals surface area contributed by atoms with Crippen LogP contribution in [0.15, 0.2) is 54.9 Å². The average Bonchev–Trinajstić information content (AvgIpc) is 2.76. The second-order valence-electron chi connectivity index (χ2n) is 6.42. The highest BCUT2D eigenvalue weighted by Gasteiger charge is 2.23. The Bertz CT molecular complexity index is 974. The third-order valence-electron chi connectivity index (χ3n) is 4.68. The molecule has 1 aliphatic rings. The molecule has 1 aromatic carbocycles. The lowest BCUT2D eigenvalue weighted by atomic mass is 10.1. The lowest BCUT2D eigenvalue weighted by molar-refractivity contribution is 0.0746. The first-order valence-electron chi connectivity index (χ1n) is 8.85. The van der Waals surface area contributed by atoms with Crippen molar-refractivity contribution >= 4 is 34.9 Å². The highest BCUT2D eigenvalue weighted by molar-refractivity contribution is 6.42. The predicted molar refractivity (Wildman–Crippen MR) is 110 cm³/mol. The van der Waals surface area contributed by atoms with Crippen LogP contribution in [0.1, 0.15) is 10.4 Å². The zero-order valence-corrected chi connectivity index (χ0v) is 16.4. The summed E-state index contributed by atoms with van der Waals surface area (Å²) in [6.07, 6.45) is 3.46. The first-order chi connectivity index (χ1) is 13.6. The van der Waals surface area contributed by atoms with Crippen molar-refractivity contribution in [1.29, 1.82) is 0 Å². The zero-order valence-electron chi connectivity index (χ0n) is 14.9. The Morgan fingerprint density at radius 2 is 1.61 bits per heavy atom. The summed E-state index contributed by atoms with van der Waals surface area (Å²) < 4.78 is 0. The Labute approximate surface area is 172 Å². The van der Waals surface area contributed by atoms with Gasteiger partial charge in [0.05, 0.1) is 15.7 Å². The first kappa shape index (κ1) is 18.7. The van der Waals surface area contributed by atoms with Gasteiger partial charge in [-0.2, -0.15) is 0 Å². The number of hydrogen-bond donors (Lipinski definition) is 0. The van der Waals surface area contributed by atoms with Gasteiger partial charge in [0.1, 0.15) is 0 Å². The van der Waals surface area contributed by atoms with E-state index in [1.165, 1.54) is 0 Å². The molecule has 3 heterocycles. The van der Waals surface area contributed by atoms with Gasteiger partial charge in [0.15, 0.2) is 5.82 Å². The van der Waals surface area contributed by atoms with Crippen LogP contribution in [-0.4, -0.2) is 52.2 Å². The quantitative estimate of drug-likeness (QED) is 0.653. The minimum absolute atomic E-state index is 0.0441. The van der Waals surface area contributed by atoms with Crippen molar-refractivity contribution in [3.63, 3.8) is 0 Å². The molecule has 0 aliphatic carbocycles. The lowest BCUT2D eigenvalue weighted by Gasteiger charge is -2.35. The average molecular weight is 414 g/mol. The van der Waals surface area contributed by atoms with E-state index in [1.54, 1.807) is 30.6 Å². The predicted octanol–water partition coefficient (Wildman–Crippen LogP) is 3.81. The van der Waals surface area contributed by atoms with E-state index < -0.39 is 0 Å². The van der Waals surface area contributed by atoms with Crippen LogP contribution >= 0.6 is 23.2 Å². The number of amides is 1. The molecule has 2 aromatic heterocycles. The van der Waals surface area contributed by atoms with Crippen molar-refractivity contribution in [2.45, 2.75) is 0 Å². The third-order valence-corrected chi connectivity index (χ3v) is 5.42. The number of anilines is 1. The number of pyridine rings is 1. The summed E-state index contributed by atoms with van der Waals surface area (Å²) in [5, 5.41) is 9.49. The van der Waals surface area contributed by atoms with Gasteiger partial charge in [-0.3, -0.25) is 9.78 Å². The van der Waals surface area contributed by atoms with Gasteiger partial charge < -0.3 is 9.80 Å². The number of rotatable bonds is 3. The maximum Gasteiger partial charge on any atom is 0.254 e. The summed E-state index contributed by atoms with van der Waals surface area (Å²) >= 11 is 12.0. The number of carbonyl (C=O) groups excluding carboxylic acids is 1. The van der Waals surface area contributed by atoms with Crippen molar-refractivity contribution in [2.24, 2.45) is 0 Å². The summed E-state index contributed by atoms with van der Waals surface area (Å²) in [6, 6.07) is 12.7. The Balaban J connectivity index is 1.40. The molecule has 8 heteroatoms. The molecule has 28 heavy (non-hydrogen) atoms. The van der Waals surface area contributed by atoms with Crippen LogP contribution in [0.5, 0.6) is 0 Å². The molecule has 142 valence electrons. The number of hydrogen-bond acceptors (Lipinski definition) is 5. The van der Waals surface area contributed by atoms with E-state index in [0.29, 0.717) is 41.8 Å². The van der Waals surface area contributed by atoms with E-state index >= 15 is 0 Å². The Hall–Kier alpha value is -2.70. The Kier molecular flexibility index (Phi) is 5.41. The van der Waals surface area contributed by atoms with Gasteiger partial charge in [-0.25, -0.2) is 0 Å². The van der Waals surface area contributed by atoms with Gasteiger partial charge >= 0.3 is 0 Å². The molecular formula is C20H17Cl2N5O. The molecule has 0 bridgehead atoms. The summed E-state index contributed by atoms with van der Waals surface area (Å²) in [7, 11) is 0. The monoisotopic (exact) mass is 413 g/mol. The fraction of sp³-hybridized carbons (Fsp3) is 0.200. The summed E-state index contributed by atoms with van der Waals surface area (Å²) in [6.45, 7) is 2.59. The van der Waals surface area contributed by atoms with Crippen LogP contribution in [0.3, 0.4) is 0 Å². The van der Waals surface area contributed by atoms with Crippen LogP contribution in [0.4, 0.5) is 5.82 Å². The van der Waals surface area contributed by atoms with Crippen molar-refractivity contribution in [3.8, 4) is 11.3 Å². The van der Waals surface area contributed by atoms with Gasteiger partial charge in [0, 0.05) is 49.7 Å². The number of nitrogens with zero attached hydrogens (tertiary/aromatic N) is 5. The van der Waals surface area contributed by atoms with Gasteiger partial charge in [-0.15, -0.1) is 10.2 Å². The van der Waals surface area contributed by atoms with E-state index in [1.807, 2.05) is 29.2 Å². The molecule has 1 amide bonds. The minimum Gasteiger partial charge on any atom is -0.352 e. The maximum atomic E-state index is 12.7. The minimum atomic E-state index is -0.0441. The summed E-state index contributed by atoms with van der Waals surface area (Å²) in [5.41, 5.74) is 2.33. The molecule has 0 radical (unpaired) electrons. The first-order valence-corrected chi connectivity index (χ1v) is 9.61. The number of benzene rings is 1. The van der Waals surface area contributed by atoms with Gasteiger partial charge in [-0.05, 0) is 42.5 Å². The van der Waals surface area contributed by atoms with Crippen LogP contribution < -0.4 is 4.90 Å². The van der Waals surface area contributed by atoms with Gasteiger partial charge in [0.2, 0.25) is 0 Å². The highest BCUT2D eigenvalue weighted by Crippen LogP contribution is 2.24. The lowest BCUT2D eigenvalue weighted by Crippen LogP contribution is -2.49. The summed E-state index contributed by atoms with van der Waals surface area (Å²) in [4.78, 5) is 20.6. The molecule has 0 atom stereocenters. The van der Waals surface area contributed by atoms with Crippen molar-refractivity contribution in [1.82, 2.24) is 20.1 Å². The second kappa shape index (κ2) is 8.12. The normalized spacial score (nSPS) is 14.2. The molecule has 0 unspecified atom stereocenters. The standard InChI is InChI=1S/C20H17Cl2N5O/c21-16-2-1-15(13-17(16)22)20(28)27-11-9-26(10-12-27)19-4-3-18(24-25-19)14-5-7-23-8-6-14/h1-8,13H,9-12H2. The molecule has 4 rings (SSSR count). The van der Waals surface area contributed by atoms with Crippen molar-refractivity contribution in [3.05, 3.63) is 70.5 Å². The SMILES string of the molecule is O=C(c1ccc(Cl)c(Cl)c1)N1CCN(c2ccc(-c3ccncc3)nn2)CC1. The number of halogens is 2. The molecule has 0 spiro atoms. The number of piperazine rings is 1. The van der Waals surface area contributed by atoms with Crippen molar-refractivity contribution in [2.75, 3.05) is 31.1 Å². The molecule has 1 aliphatic heterocycles. The number of aromatic nitrogens is 3. The van der Waals surface area contributed by atoms with E-state index in [0.717, 1.165) is 17.1 Å². The van der Waals surface area contributed by atoms with Crippen LogP contribution in [0.25, 0.3) is 11.3 Å². The second-order valence-corrected chi connectivity index (χ2v) is 7.24. The number of carbonyl (C=O) groups is 1. The van der Waals surface area contributed by atoms with E-state index in [-0.39, 0.29) is 5.91 Å². The molecule has 1 saturated heterocycles. The largest absolute Gasteiger partial charge is 0.352 e. The summed E-state index contributed by atoms with van der Waals surface area (Å²) in [5.74, 6) is 0.761. The van der Waals surface area contributed by atoms with E-state index in [4.69, 9.17) is 23.2 Å². The van der Waals surface area contributed by atoms with Crippen LogP contribution in [-0.2, 0) is 0 Å². The van der Waals surface area contributed by atoms with Crippen LogP contribution in [0, 0.1) is 0 Å². The molecule has 3 aromatic rings.